The number of halogens is 1. The molecule has 2 nitrogen and oxygen atoms in total. The van der Waals surface area contributed by atoms with Gasteiger partial charge in [-0.3, -0.25) is 4.79 Å². The zero-order chi connectivity index (χ0) is 13.6. The highest BCUT2D eigenvalue weighted by molar-refractivity contribution is 9.09. The van der Waals surface area contributed by atoms with Gasteiger partial charge in [0.25, 0.3) is 0 Å². The lowest BCUT2D eigenvalue weighted by atomic mass is 9.49. The molecule has 0 aliphatic heterocycles. The summed E-state index contributed by atoms with van der Waals surface area (Å²) in [6.07, 6.45) is 8.84. The predicted molar refractivity (Wildman–Crippen MR) is 81.2 cm³/mol. The first-order chi connectivity index (χ1) is 8.98. The third kappa shape index (κ3) is 2.59. The van der Waals surface area contributed by atoms with Crippen LogP contribution >= 0.6 is 15.9 Å². The van der Waals surface area contributed by atoms with E-state index < -0.39 is 0 Å². The number of hydrogen-bond donors (Lipinski definition) is 0. The summed E-state index contributed by atoms with van der Waals surface area (Å²) in [5.41, 5.74) is 0.0407. The Labute approximate surface area is 125 Å². The topological polar surface area (TPSA) is 20.3 Å². The fourth-order valence-electron chi connectivity index (χ4n) is 5.25. The van der Waals surface area contributed by atoms with Gasteiger partial charge in [-0.2, -0.15) is 0 Å². The van der Waals surface area contributed by atoms with Crippen molar-refractivity contribution in [1.82, 2.24) is 4.90 Å². The molecule has 4 rings (SSSR count). The molecule has 1 unspecified atom stereocenters. The predicted octanol–water partition coefficient (Wildman–Crippen LogP) is 3.83. The Morgan fingerprint density at radius 2 is 1.68 bits per heavy atom. The van der Waals surface area contributed by atoms with Crippen LogP contribution in [0.1, 0.15) is 51.9 Å². The SMILES string of the molecule is CC(Br)CCN(C)C(=O)C12CC3CC(CC(C3)C1)C2. The molecule has 1 amide bonds. The van der Waals surface area contributed by atoms with Crippen molar-refractivity contribution in [1.29, 1.82) is 0 Å². The molecule has 0 spiro atoms. The van der Waals surface area contributed by atoms with Crippen LogP contribution in [-0.2, 0) is 4.79 Å². The molecule has 4 bridgehead atoms. The van der Waals surface area contributed by atoms with Crippen molar-refractivity contribution < 1.29 is 4.79 Å². The summed E-state index contributed by atoms with van der Waals surface area (Å²) in [4.78, 5) is 15.4. The van der Waals surface area contributed by atoms with Crippen molar-refractivity contribution in [3.8, 4) is 0 Å². The van der Waals surface area contributed by atoms with E-state index in [1.165, 1.54) is 38.5 Å². The first-order valence-electron chi connectivity index (χ1n) is 7.88. The molecule has 0 aromatic heterocycles. The van der Waals surface area contributed by atoms with Crippen LogP contribution in [0, 0.1) is 23.2 Å². The van der Waals surface area contributed by atoms with Gasteiger partial charge in [-0.25, -0.2) is 0 Å². The van der Waals surface area contributed by atoms with E-state index in [-0.39, 0.29) is 5.41 Å². The van der Waals surface area contributed by atoms with Crippen molar-refractivity contribution >= 4 is 21.8 Å². The van der Waals surface area contributed by atoms with Gasteiger partial charge in [0, 0.05) is 18.4 Å². The summed E-state index contributed by atoms with van der Waals surface area (Å²) in [5.74, 6) is 3.04. The molecule has 4 aliphatic carbocycles. The second-order valence-corrected chi connectivity index (χ2v) is 9.06. The molecule has 0 aromatic carbocycles. The molecule has 0 saturated heterocycles. The summed E-state index contributed by atoms with van der Waals surface area (Å²) in [6.45, 7) is 3.05. The van der Waals surface area contributed by atoms with Crippen LogP contribution in [0.4, 0.5) is 0 Å². The van der Waals surface area contributed by atoms with Crippen LogP contribution in [-0.4, -0.2) is 29.2 Å². The number of amides is 1. The largest absolute Gasteiger partial charge is 0.345 e. The monoisotopic (exact) mass is 327 g/mol. The fraction of sp³-hybridized carbons (Fsp3) is 0.938. The highest BCUT2D eigenvalue weighted by atomic mass is 79.9. The average molecular weight is 328 g/mol. The van der Waals surface area contributed by atoms with Crippen LogP contribution < -0.4 is 0 Å². The highest BCUT2D eigenvalue weighted by Gasteiger charge is 2.55. The molecule has 0 aromatic rings. The minimum atomic E-state index is 0.0407. The number of nitrogens with zero attached hydrogens (tertiary/aromatic N) is 1. The highest BCUT2D eigenvalue weighted by Crippen LogP contribution is 2.60. The van der Waals surface area contributed by atoms with Crippen LogP contribution in [0.3, 0.4) is 0 Å². The van der Waals surface area contributed by atoms with E-state index in [9.17, 15) is 4.79 Å². The van der Waals surface area contributed by atoms with E-state index in [0.29, 0.717) is 10.7 Å². The van der Waals surface area contributed by atoms with Gasteiger partial charge in [0.1, 0.15) is 0 Å². The Bertz CT molecular complexity index is 330. The van der Waals surface area contributed by atoms with Crippen LogP contribution in [0.2, 0.25) is 0 Å². The van der Waals surface area contributed by atoms with E-state index in [1.807, 2.05) is 11.9 Å². The van der Waals surface area contributed by atoms with E-state index in [1.54, 1.807) is 0 Å². The standard InChI is InChI=1S/C16H26BrNO/c1-11(17)3-4-18(2)15(19)16-8-12-5-13(9-16)7-14(6-12)10-16/h11-14H,3-10H2,1-2H3. The molecule has 0 N–H and O–H groups in total. The molecular weight excluding hydrogens is 302 g/mol. The van der Waals surface area contributed by atoms with E-state index in [2.05, 4.69) is 22.9 Å². The number of rotatable bonds is 4. The van der Waals surface area contributed by atoms with Crippen molar-refractivity contribution in [3.05, 3.63) is 0 Å². The number of alkyl halides is 1. The third-order valence-electron chi connectivity index (χ3n) is 5.70. The third-order valence-corrected chi connectivity index (χ3v) is 6.16. The van der Waals surface area contributed by atoms with Crippen LogP contribution in [0.5, 0.6) is 0 Å². The van der Waals surface area contributed by atoms with E-state index in [4.69, 9.17) is 0 Å². The molecule has 3 heteroatoms. The Balaban J connectivity index is 1.69. The van der Waals surface area contributed by atoms with Gasteiger partial charge in [0.2, 0.25) is 5.91 Å². The molecule has 4 aliphatic rings. The molecule has 19 heavy (non-hydrogen) atoms. The van der Waals surface area contributed by atoms with Crippen molar-refractivity contribution in [2.45, 2.75) is 56.7 Å². The zero-order valence-electron chi connectivity index (χ0n) is 12.2. The summed E-state index contributed by atoms with van der Waals surface area (Å²) < 4.78 is 0. The normalized spacial score (nSPS) is 41.3. The van der Waals surface area contributed by atoms with Crippen LogP contribution in [0.25, 0.3) is 0 Å². The summed E-state index contributed by atoms with van der Waals surface area (Å²) in [5, 5.41) is 0. The lowest BCUT2D eigenvalue weighted by Crippen LogP contribution is -2.54. The Kier molecular flexibility index (Phi) is 3.70. The van der Waals surface area contributed by atoms with Gasteiger partial charge in [-0.05, 0) is 62.7 Å². The van der Waals surface area contributed by atoms with Gasteiger partial charge in [0.05, 0.1) is 5.41 Å². The van der Waals surface area contributed by atoms with Gasteiger partial charge >= 0.3 is 0 Å². The second-order valence-electron chi connectivity index (χ2n) is 7.49. The van der Waals surface area contributed by atoms with Gasteiger partial charge in [-0.15, -0.1) is 0 Å². The fourth-order valence-corrected chi connectivity index (χ4v) is 5.46. The lowest BCUT2D eigenvalue weighted by molar-refractivity contribution is -0.156. The maximum absolute atomic E-state index is 12.9. The summed E-state index contributed by atoms with van der Waals surface area (Å²) >= 11 is 3.58. The number of carbonyl (C=O) groups excluding carboxylic acids is 1. The Morgan fingerprint density at radius 1 is 1.21 bits per heavy atom. The summed E-state index contributed by atoms with van der Waals surface area (Å²) in [6, 6.07) is 0. The molecule has 0 radical (unpaired) electrons. The molecular formula is C16H26BrNO. The Hall–Kier alpha value is -0.0500. The number of hydrogen-bond acceptors (Lipinski definition) is 1. The molecule has 108 valence electrons. The van der Waals surface area contributed by atoms with Crippen molar-refractivity contribution in [2.75, 3.05) is 13.6 Å². The first-order valence-corrected chi connectivity index (χ1v) is 8.80. The van der Waals surface area contributed by atoms with Crippen molar-refractivity contribution in [2.24, 2.45) is 23.2 Å². The smallest absolute Gasteiger partial charge is 0.228 e. The maximum Gasteiger partial charge on any atom is 0.228 e. The van der Waals surface area contributed by atoms with Gasteiger partial charge < -0.3 is 4.90 Å². The zero-order valence-corrected chi connectivity index (χ0v) is 13.8. The lowest BCUT2D eigenvalue weighted by Gasteiger charge is -2.56. The van der Waals surface area contributed by atoms with Crippen molar-refractivity contribution in [3.63, 3.8) is 0 Å². The molecule has 4 fully saturated rings. The first kappa shape index (κ1) is 13.9. The minimum absolute atomic E-state index is 0.0407. The quantitative estimate of drug-likeness (QED) is 0.718. The molecule has 0 heterocycles. The molecule has 1 atom stereocenters. The van der Waals surface area contributed by atoms with E-state index in [0.717, 1.165) is 30.7 Å². The average Bonchev–Trinajstić information content (AvgIpc) is 2.33. The molecule has 4 saturated carbocycles. The van der Waals surface area contributed by atoms with Crippen LogP contribution in [0.15, 0.2) is 0 Å². The van der Waals surface area contributed by atoms with Gasteiger partial charge in [0.15, 0.2) is 0 Å². The number of carbonyl (C=O) groups is 1. The minimum Gasteiger partial charge on any atom is -0.345 e. The van der Waals surface area contributed by atoms with E-state index >= 15 is 0 Å². The van der Waals surface area contributed by atoms with Gasteiger partial charge in [-0.1, -0.05) is 22.9 Å². The second kappa shape index (κ2) is 5.05. The Morgan fingerprint density at radius 3 is 2.11 bits per heavy atom. The summed E-state index contributed by atoms with van der Waals surface area (Å²) in [7, 11) is 2.01. The maximum atomic E-state index is 12.9.